The molecular formula is C15H23Cl2NO. The molecule has 0 saturated heterocycles. The molecular weight excluding hydrogens is 281 g/mol. The van der Waals surface area contributed by atoms with Crippen LogP contribution in [0.4, 0.5) is 0 Å². The minimum Gasteiger partial charge on any atom is -0.391 e. The van der Waals surface area contributed by atoms with E-state index in [1.165, 1.54) is 19.3 Å². The number of hydrogen-bond acceptors (Lipinski definition) is 2. The van der Waals surface area contributed by atoms with Crippen LogP contribution in [-0.2, 0) is 0 Å². The monoisotopic (exact) mass is 303 g/mol. The van der Waals surface area contributed by atoms with Crippen molar-refractivity contribution in [3.8, 4) is 0 Å². The Bertz CT molecular complexity index is 405. The van der Waals surface area contributed by atoms with Gasteiger partial charge in [0.2, 0.25) is 0 Å². The molecule has 0 amide bonds. The number of benzene rings is 1. The van der Waals surface area contributed by atoms with Gasteiger partial charge >= 0.3 is 0 Å². The van der Waals surface area contributed by atoms with Crippen LogP contribution in [0, 0.1) is 12.8 Å². The average molecular weight is 304 g/mol. The predicted molar refractivity (Wildman–Crippen MR) is 82.9 cm³/mol. The predicted octanol–water partition coefficient (Wildman–Crippen LogP) is 4.01. The minimum atomic E-state index is -0.440. The third-order valence-corrected chi connectivity index (χ3v) is 4.33. The van der Waals surface area contributed by atoms with Gasteiger partial charge in [0, 0.05) is 5.02 Å². The van der Waals surface area contributed by atoms with Gasteiger partial charge in [-0.15, -0.1) is 12.4 Å². The molecule has 2 nitrogen and oxygen atoms in total. The summed E-state index contributed by atoms with van der Waals surface area (Å²) in [7, 11) is 0. The number of aryl methyl sites for hydroxylation is 1. The maximum absolute atomic E-state index is 10.4. The summed E-state index contributed by atoms with van der Waals surface area (Å²) < 4.78 is 0. The normalized spacial score (nSPS) is 19.6. The van der Waals surface area contributed by atoms with Crippen molar-refractivity contribution in [3.05, 3.63) is 34.3 Å². The average Bonchev–Trinajstić information content (AvgIpc) is 2.38. The maximum Gasteiger partial charge on any atom is 0.0760 e. The van der Waals surface area contributed by atoms with Crippen LogP contribution in [0.3, 0.4) is 0 Å². The second kappa shape index (κ2) is 7.49. The summed E-state index contributed by atoms with van der Waals surface area (Å²) in [6.45, 7) is 1.99. The molecule has 0 unspecified atom stereocenters. The van der Waals surface area contributed by atoms with Gasteiger partial charge in [0.15, 0.2) is 0 Å². The van der Waals surface area contributed by atoms with E-state index in [-0.39, 0.29) is 18.4 Å². The van der Waals surface area contributed by atoms with E-state index in [0.717, 1.165) is 29.0 Å². The van der Waals surface area contributed by atoms with Crippen molar-refractivity contribution in [2.75, 3.05) is 0 Å². The van der Waals surface area contributed by atoms with Crippen LogP contribution in [0.2, 0.25) is 5.02 Å². The number of hydrogen-bond donors (Lipinski definition) is 2. The Morgan fingerprint density at radius 2 is 1.89 bits per heavy atom. The highest BCUT2D eigenvalue weighted by Gasteiger charge is 2.28. The van der Waals surface area contributed by atoms with Gasteiger partial charge in [-0.25, -0.2) is 0 Å². The first-order valence-electron chi connectivity index (χ1n) is 6.79. The Kier molecular flexibility index (Phi) is 6.61. The van der Waals surface area contributed by atoms with Crippen LogP contribution in [0.15, 0.2) is 18.2 Å². The van der Waals surface area contributed by atoms with E-state index in [1.807, 2.05) is 25.1 Å². The van der Waals surface area contributed by atoms with Gasteiger partial charge in [-0.2, -0.15) is 0 Å². The number of nitrogens with two attached hydrogens (primary N) is 1. The molecule has 0 aliphatic heterocycles. The summed E-state index contributed by atoms with van der Waals surface area (Å²) in [5.74, 6) is 0.351. The summed E-state index contributed by atoms with van der Waals surface area (Å²) in [6, 6.07) is 5.39. The first-order chi connectivity index (χ1) is 8.59. The molecule has 1 aliphatic carbocycles. The Hall–Kier alpha value is -0.280. The molecule has 19 heavy (non-hydrogen) atoms. The Morgan fingerprint density at radius 3 is 2.47 bits per heavy atom. The molecule has 1 saturated carbocycles. The van der Waals surface area contributed by atoms with Gasteiger partial charge in [-0.3, -0.25) is 0 Å². The molecule has 1 fully saturated rings. The van der Waals surface area contributed by atoms with Crippen molar-refractivity contribution in [1.29, 1.82) is 0 Å². The summed E-state index contributed by atoms with van der Waals surface area (Å²) in [6.07, 6.45) is 5.48. The van der Waals surface area contributed by atoms with Crippen LogP contribution in [0.5, 0.6) is 0 Å². The Balaban J connectivity index is 0.00000180. The van der Waals surface area contributed by atoms with Gasteiger partial charge < -0.3 is 10.8 Å². The van der Waals surface area contributed by atoms with Crippen LogP contribution < -0.4 is 5.73 Å². The molecule has 0 spiro atoms. The largest absolute Gasteiger partial charge is 0.391 e. The van der Waals surface area contributed by atoms with Crippen molar-refractivity contribution in [2.45, 2.75) is 51.2 Å². The molecule has 0 aromatic heterocycles. The van der Waals surface area contributed by atoms with Crippen LogP contribution >= 0.6 is 24.0 Å². The van der Waals surface area contributed by atoms with E-state index in [1.54, 1.807) is 0 Å². The van der Waals surface area contributed by atoms with Gasteiger partial charge in [-0.05, 0) is 48.9 Å². The lowest BCUT2D eigenvalue weighted by Crippen LogP contribution is -2.34. The third kappa shape index (κ3) is 4.09. The van der Waals surface area contributed by atoms with E-state index in [0.29, 0.717) is 5.92 Å². The van der Waals surface area contributed by atoms with E-state index in [2.05, 4.69) is 0 Å². The lowest BCUT2D eigenvalue weighted by molar-refractivity contribution is 0.0616. The zero-order valence-corrected chi connectivity index (χ0v) is 12.9. The zero-order chi connectivity index (χ0) is 13.1. The summed E-state index contributed by atoms with van der Waals surface area (Å²) in [5, 5.41) is 11.1. The summed E-state index contributed by atoms with van der Waals surface area (Å²) in [5.41, 5.74) is 8.30. The van der Waals surface area contributed by atoms with Crippen molar-refractivity contribution in [2.24, 2.45) is 11.7 Å². The second-order valence-electron chi connectivity index (χ2n) is 5.42. The lowest BCUT2D eigenvalue weighted by Gasteiger charge is -2.31. The Morgan fingerprint density at radius 1 is 1.26 bits per heavy atom. The Labute approximate surface area is 126 Å². The topological polar surface area (TPSA) is 46.2 Å². The number of aliphatic hydroxyl groups excluding tert-OH is 1. The van der Waals surface area contributed by atoms with Gasteiger partial charge in [-0.1, -0.05) is 36.9 Å². The molecule has 0 bridgehead atoms. The fourth-order valence-corrected chi connectivity index (χ4v) is 3.19. The smallest absolute Gasteiger partial charge is 0.0760 e. The number of halogens is 2. The van der Waals surface area contributed by atoms with E-state index >= 15 is 0 Å². The fourth-order valence-electron chi connectivity index (χ4n) is 2.97. The number of rotatable bonds is 3. The van der Waals surface area contributed by atoms with Crippen molar-refractivity contribution < 1.29 is 5.11 Å². The van der Waals surface area contributed by atoms with Crippen LogP contribution in [-0.4, -0.2) is 11.2 Å². The van der Waals surface area contributed by atoms with E-state index < -0.39 is 6.10 Å². The number of aliphatic hydroxyl groups is 1. The quantitative estimate of drug-likeness (QED) is 0.886. The van der Waals surface area contributed by atoms with E-state index in [4.69, 9.17) is 17.3 Å². The zero-order valence-electron chi connectivity index (χ0n) is 11.3. The highest BCUT2D eigenvalue weighted by atomic mass is 35.5. The highest BCUT2D eigenvalue weighted by molar-refractivity contribution is 6.30. The fraction of sp³-hybridized carbons (Fsp3) is 0.600. The van der Waals surface area contributed by atoms with Crippen molar-refractivity contribution in [1.82, 2.24) is 0 Å². The molecule has 1 aliphatic rings. The van der Waals surface area contributed by atoms with E-state index in [9.17, 15) is 5.11 Å². The standard InChI is InChI=1S/C15H22ClNO.ClH/c1-10-9-12(16)7-8-13(10)14(17)15(18)11-5-3-2-4-6-11;/h7-9,11,14-15,18H,2-6,17H2,1H3;1H/t14-,15+;/m0./s1. The molecule has 4 heteroatoms. The van der Waals surface area contributed by atoms with Gasteiger partial charge in [0.25, 0.3) is 0 Å². The molecule has 3 N–H and O–H groups in total. The molecule has 1 aromatic rings. The molecule has 108 valence electrons. The first-order valence-corrected chi connectivity index (χ1v) is 7.17. The summed E-state index contributed by atoms with van der Waals surface area (Å²) >= 11 is 5.95. The molecule has 0 heterocycles. The molecule has 2 atom stereocenters. The SMILES string of the molecule is Cc1cc(Cl)ccc1[C@H](N)[C@H](O)C1CCCCC1.Cl. The maximum atomic E-state index is 10.4. The van der Waals surface area contributed by atoms with Crippen molar-refractivity contribution >= 4 is 24.0 Å². The van der Waals surface area contributed by atoms with Crippen LogP contribution in [0.1, 0.15) is 49.3 Å². The van der Waals surface area contributed by atoms with Crippen LogP contribution in [0.25, 0.3) is 0 Å². The molecule has 1 aromatic carbocycles. The lowest BCUT2D eigenvalue weighted by atomic mass is 9.81. The van der Waals surface area contributed by atoms with Crippen molar-refractivity contribution in [3.63, 3.8) is 0 Å². The molecule has 2 rings (SSSR count). The van der Waals surface area contributed by atoms with Gasteiger partial charge in [0.05, 0.1) is 12.1 Å². The first kappa shape index (κ1) is 16.8. The third-order valence-electron chi connectivity index (χ3n) is 4.09. The molecule has 0 radical (unpaired) electrons. The summed E-state index contributed by atoms with van der Waals surface area (Å²) in [4.78, 5) is 0. The minimum absolute atomic E-state index is 0. The second-order valence-corrected chi connectivity index (χ2v) is 5.85. The highest BCUT2D eigenvalue weighted by Crippen LogP contribution is 2.32. The van der Waals surface area contributed by atoms with Gasteiger partial charge in [0.1, 0.15) is 0 Å².